The number of nitrogens with one attached hydrogen (secondary N) is 2. The Bertz CT molecular complexity index is 666. The molecule has 0 aliphatic heterocycles. The Morgan fingerprint density at radius 3 is 2.74 bits per heavy atom. The highest BCUT2D eigenvalue weighted by Crippen LogP contribution is 2.09. The molecule has 23 heavy (non-hydrogen) atoms. The maximum atomic E-state index is 13.5. The fourth-order valence-electron chi connectivity index (χ4n) is 2.15. The average Bonchev–Trinajstić information content (AvgIpc) is 2.94. The van der Waals surface area contributed by atoms with Crippen molar-refractivity contribution in [2.24, 2.45) is 4.99 Å². The van der Waals surface area contributed by atoms with Gasteiger partial charge in [0.2, 0.25) is 0 Å². The van der Waals surface area contributed by atoms with Crippen LogP contribution >= 0.6 is 0 Å². The van der Waals surface area contributed by atoms with Gasteiger partial charge in [-0.15, -0.1) is 0 Å². The fraction of sp³-hybridized carbons (Fsp3) is 0.375. The Hall–Kier alpha value is -2.44. The van der Waals surface area contributed by atoms with Crippen molar-refractivity contribution in [1.29, 1.82) is 0 Å². The van der Waals surface area contributed by atoms with Gasteiger partial charge in [-0.2, -0.15) is 5.10 Å². The van der Waals surface area contributed by atoms with Crippen LogP contribution in [0, 0.1) is 18.6 Å². The number of benzene rings is 1. The molecule has 0 saturated heterocycles. The molecule has 7 heteroatoms. The second kappa shape index (κ2) is 8.26. The zero-order valence-corrected chi connectivity index (χ0v) is 13.3. The minimum Gasteiger partial charge on any atom is -0.356 e. The predicted octanol–water partition coefficient (Wildman–Crippen LogP) is 1.88. The molecule has 0 spiro atoms. The molecule has 0 aliphatic carbocycles. The van der Waals surface area contributed by atoms with Gasteiger partial charge < -0.3 is 10.6 Å². The molecular weight excluding hydrogens is 300 g/mol. The van der Waals surface area contributed by atoms with Crippen LogP contribution in [0.2, 0.25) is 0 Å². The summed E-state index contributed by atoms with van der Waals surface area (Å²) in [6.07, 6.45) is 4.15. The van der Waals surface area contributed by atoms with Crippen LogP contribution in [0.25, 0.3) is 0 Å². The van der Waals surface area contributed by atoms with E-state index in [1.54, 1.807) is 13.2 Å². The third kappa shape index (κ3) is 5.36. The van der Waals surface area contributed by atoms with E-state index in [1.807, 2.05) is 17.8 Å². The van der Waals surface area contributed by atoms with E-state index >= 15 is 0 Å². The second-order valence-corrected chi connectivity index (χ2v) is 5.19. The standard InChI is InChI=1S/C16H21F2N5/c1-12-10-22-23(11-12)8-7-21-16(19-2)20-6-5-13-9-14(17)3-4-15(13)18/h3-4,9-11H,5-8H2,1-2H3,(H2,19,20,21). The number of hydrogen-bond acceptors (Lipinski definition) is 2. The normalized spacial score (nSPS) is 11.6. The van der Waals surface area contributed by atoms with Crippen molar-refractivity contribution >= 4 is 5.96 Å². The predicted molar refractivity (Wildman–Crippen MR) is 86.4 cm³/mol. The first-order chi connectivity index (χ1) is 11.1. The second-order valence-electron chi connectivity index (χ2n) is 5.19. The molecule has 2 aromatic rings. The van der Waals surface area contributed by atoms with Gasteiger partial charge in [0.25, 0.3) is 0 Å². The van der Waals surface area contributed by atoms with Crippen molar-refractivity contribution in [1.82, 2.24) is 20.4 Å². The number of aryl methyl sites for hydroxylation is 1. The summed E-state index contributed by atoms with van der Waals surface area (Å²) < 4.78 is 28.5. The van der Waals surface area contributed by atoms with E-state index in [0.29, 0.717) is 37.6 Å². The van der Waals surface area contributed by atoms with Gasteiger partial charge >= 0.3 is 0 Å². The number of nitrogens with zero attached hydrogens (tertiary/aromatic N) is 3. The maximum Gasteiger partial charge on any atom is 0.191 e. The quantitative estimate of drug-likeness (QED) is 0.631. The maximum absolute atomic E-state index is 13.5. The SMILES string of the molecule is CN=C(NCCc1cc(F)ccc1F)NCCn1cc(C)cn1. The molecule has 0 radical (unpaired) electrons. The van der Waals surface area contributed by atoms with Crippen LogP contribution in [0.3, 0.4) is 0 Å². The number of rotatable bonds is 6. The number of aliphatic imine (C=N–C) groups is 1. The van der Waals surface area contributed by atoms with Gasteiger partial charge in [0.05, 0.1) is 12.7 Å². The first-order valence-electron chi connectivity index (χ1n) is 7.46. The number of hydrogen-bond donors (Lipinski definition) is 2. The lowest BCUT2D eigenvalue weighted by atomic mass is 10.1. The Balaban J connectivity index is 1.73. The molecule has 0 fully saturated rings. The lowest BCUT2D eigenvalue weighted by molar-refractivity contribution is 0.581. The van der Waals surface area contributed by atoms with Crippen LogP contribution in [0.15, 0.2) is 35.6 Å². The van der Waals surface area contributed by atoms with Crippen molar-refractivity contribution in [2.45, 2.75) is 19.9 Å². The Morgan fingerprint density at radius 2 is 2.04 bits per heavy atom. The molecule has 2 N–H and O–H groups in total. The molecule has 0 aliphatic rings. The molecule has 1 heterocycles. The third-order valence-corrected chi connectivity index (χ3v) is 3.31. The molecule has 0 bridgehead atoms. The molecule has 1 aromatic carbocycles. The highest BCUT2D eigenvalue weighted by atomic mass is 19.1. The van der Waals surface area contributed by atoms with E-state index < -0.39 is 11.6 Å². The monoisotopic (exact) mass is 321 g/mol. The van der Waals surface area contributed by atoms with Crippen LogP contribution in [0.4, 0.5) is 8.78 Å². The minimum absolute atomic E-state index is 0.347. The van der Waals surface area contributed by atoms with Crippen molar-refractivity contribution in [3.05, 3.63) is 53.4 Å². The lowest BCUT2D eigenvalue weighted by Crippen LogP contribution is -2.39. The van der Waals surface area contributed by atoms with Gasteiger partial charge in [-0.3, -0.25) is 9.67 Å². The van der Waals surface area contributed by atoms with Crippen molar-refractivity contribution in [3.63, 3.8) is 0 Å². The van der Waals surface area contributed by atoms with Gasteiger partial charge in [0.1, 0.15) is 11.6 Å². The molecule has 124 valence electrons. The highest BCUT2D eigenvalue weighted by Gasteiger charge is 2.04. The molecule has 0 atom stereocenters. The van der Waals surface area contributed by atoms with E-state index in [4.69, 9.17) is 0 Å². The number of aromatic nitrogens is 2. The Kier molecular flexibility index (Phi) is 6.08. The first-order valence-corrected chi connectivity index (χ1v) is 7.46. The summed E-state index contributed by atoms with van der Waals surface area (Å²) in [6, 6.07) is 3.47. The summed E-state index contributed by atoms with van der Waals surface area (Å²) in [5.41, 5.74) is 1.46. The average molecular weight is 321 g/mol. The number of halogens is 2. The minimum atomic E-state index is -0.432. The summed E-state index contributed by atoms with van der Waals surface area (Å²) in [5.74, 6) is -0.214. The molecule has 5 nitrogen and oxygen atoms in total. The van der Waals surface area contributed by atoms with Gasteiger partial charge in [-0.25, -0.2) is 8.78 Å². The third-order valence-electron chi connectivity index (χ3n) is 3.31. The zero-order valence-electron chi connectivity index (χ0n) is 13.3. The topological polar surface area (TPSA) is 54.2 Å². The van der Waals surface area contributed by atoms with Gasteiger partial charge in [0, 0.05) is 26.3 Å². The molecular formula is C16H21F2N5. The van der Waals surface area contributed by atoms with Crippen molar-refractivity contribution < 1.29 is 8.78 Å². The Morgan fingerprint density at radius 1 is 1.26 bits per heavy atom. The van der Waals surface area contributed by atoms with E-state index in [-0.39, 0.29) is 0 Å². The van der Waals surface area contributed by atoms with E-state index in [2.05, 4.69) is 20.7 Å². The molecule has 0 saturated carbocycles. The van der Waals surface area contributed by atoms with Crippen molar-refractivity contribution in [3.8, 4) is 0 Å². The fourth-order valence-corrected chi connectivity index (χ4v) is 2.15. The van der Waals surface area contributed by atoms with Gasteiger partial charge in [-0.1, -0.05) is 0 Å². The first kappa shape index (κ1) is 16.9. The molecule has 0 unspecified atom stereocenters. The number of guanidine groups is 1. The summed E-state index contributed by atoms with van der Waals surface area (Å²) >= 11 is 0. The van der Waals surface area contributed by atoms with E-state index in [1.165, 1.54) is 6.07 Å². The lowest BCUT2D eigenvalue weighted by Gasteiger charge is -2.12. The van der Waals surface area contributed by atoms with Gasteiger partial charge in [0.15, 0.2) is 5.96 Å². The van der Waals surface area contributed by atoms with Crippen molar-refractivity contribution in [2.75, 3.05) is 20.1 Å². The summed E-state index contributed by atoms with van der Waals surface area (Å²) in [4.78, 5) is 4.09. The molecule has 1 aromatic heterocycles. The summed E-state index contributed by atoms with van der Waals surface area (Å²) in [7, 11) is 1.66. The van der Waals surface area contributed by atoms with Crippen LogP contribution < -0.4 is 10.6 Å². The van der Waals surface area contributed by atoms with E-state index in [9.17, 15) is 8.78 Å². The highest BCUT2D eigenvalue weighted by molar-refractivity contribution is 5.79. The largest absolute Gasteiger partial charge is 0.356 e. The molecule has 0 amide bonds. The van der Waals surface area contributed by atoms with Crippen LogP contribution in [-0.2, 0) is 13.0 Å². The summed E-state index contributed by atoms with van der Waals surface area (Å²) in [5, 5.41) is 10.4. The molecule has 2 rings (SSSR count). The summed E-state index contributed by atoms with van der Waals surface area (Å²) in [6.45, 7) is 3.83. The van der Waals surface area contributed by atoms with Crippen LogP contribution in [0.1, 0.15) is 11.1 Å². The Labute approximate surface area is 134 Å². The van der Waals surface area contributed by atoms with Crippen LogP contribution in [0.5, 0.6) is 0 Å². The van der Waals surface area contributed by atoms with E-state index in [0.717, 1.165) is 17.7 Å². The van der Waals surface area contributed by atoms with Crippen LogP contribution in [-0.4, -0.2) is 35.9 Å². The van der Waals surface area contributed by atoms with Gasteiger partial charge in [-0.05, 0) is 42.7 Å². The smallest absolute Gasteiger partial charge is 0.191 e. The zero-order chi connectivity index (χ0) is 16.7.